The summed E-state index contributed by atoms with van der Waals surface area (Å²) in [5, 5.41) is 4.98. The molecule has 1 aliphatic carbocycles. The lowest BCUT2D eigenvalue weighted by atomic mass is 10.0. The summed E-state index contributed by atoms with van der Waals surface area (Å²) in [6.45, 7) is 0. The van der Waals surface area contributed by atoms with Crippen LogP contribution in [0.5, 0.6) is 0 Å². The molecule has 1 atom stereocenters. The van der Waals surface area contributed by atoms with Crippen molar-refractivity contribution in [1.82, 2.24) is 9.78 Å². The van der Waals surface area contributed by atoms with E-state index < -0.39 is 6.04 Å². The quantitative estimate of drug-likeness (QED) is 0.926. The van der Waals surface area contributed by atoms with Crippen LogP contribution >= 0.6 is 11.6 Å². The van der Waals surface area contributed by atoms with E-state index in [4.69, 9.17) is 17.3 Å². The highest BCUT2D eigenvalue weighted by atomic mass is 35.5. The molecular weight excluding hydrogens is 289 g/mol. The standard InChI is InChI=1S/C16H19ClFN3/c17-11-5-6-14(15(18)9-11)16(19)10-12-7-8-21(20-12)13-3-1-2-4-13/h5-9,13,16H,1-4,10,19H2. The minimum Gasteiger partial charge on any atom is -0.324 e. The van der Waals surface area contributed by atoms with Crippen molar-refractivity contribution in [2.75, 3.05) is 0 Å². The van der Waals surface area contributed by atoms with Crippen LogP contribution in [0.2, 0.25) is 5.02 Å². The van der Waals surface area contributed by atoms with Crippen LogP contribution in [-0.2, 0) is 6.42 Å². The summed E-state index contributed by atoms with van der Waals surface area (Å²) in [5.74, 6) is -0.356. The summed E-state index contributed by atoms with van der Waals surface area (Å²) in [7, 11) is 0. The lowest BCUT2D eigenvalue weighted by molar-refractivity contribution is 0.460. The van der Waals surface area contributed by atoms with Gasteiger partial charge in [-0.2, -0.15) is 5.10 Å². The second kappa shape index (κ2) is 6.16. The van der Waals surface area contributed by atoms with E-state index in [0.717, 1.165) is 5.69 Å². The maximum atomic E-state index is 13.9. The van der Waals surface area contributed by atoms with Crippen LogP contribution in [0.3, 0.4) is 0 Å². The van der Waals surface area contributed by atoms with E-state index in [-0.39, 0.29) is 5.82 Å². The molecule has 1 unspecified atom stereocenters. The number of aromatic nitrogens is 2. The van der Waals surface area contributed by atoms with Crippen LogP contribution in [0.4, 0.5) is 4.39 Å². The molecule has 0 bridgehead atoms. The molecule has 0 aliphatic heterocycles. The fourth-order valence-electron chi connectivity index (χ4n) is 3.00. The van der Waals surface area contributed by atoms with E-state index in [1.807, 2.05) is 16.9 Å². The maximum absolute atomic E-state index is 13.9. The van der Waals surface area contributed by atoms with E-state index in [1.54, 1.807) is 12.1 Å². The van der Waals surface area contributed by atoms with Gasteiger partial charge in [0.2, 0.25) is 0 Å². The van der Waals surface area contributed by atoms with Gasteiger partial charge in [0, 0.05) is 29.2 Å². The van der Waals surface area contributed by atoms with Gasteiger partial charge in [0.15, 0.2) is 0 Å². The highest BCUT2D eigenvalue weighted by Crippen LogP contribution is 2.29. The first-order valence-corrected chi connectivity index (χ1v) is 7.76. The fraction of sp³-hybridized carbons (Fsp3) is 0.438. The first-order valence-electron chi connectivity index (χ1n) is 7.38. The lowest BCUT2D eigenvalue weighted by Gasteiger charge is -2.12. The number of nitrogens with two attached hydrogens (primary N) is 1. The van der Waals surface area contributed by atoms with Gasteiger partial charge < -0.3 is 5.73 Å². The first kappa shape index (κ1) is 14.5. The van der Waals surface area contributed by atoms with Crippen molar-refractivity contribution in [3.63, 3.8) is 0 Å². The Bertz CT molecular complexity index is 620. The minimum absolute atomic E-state index is 0.356. The summed E-state index contributed by atoms with van der Waals surface area (Å²) in [4.78, 5) is 0. The third kappa shape index (κ3) is 3.27. The Hall–Kier alpha value is -1.39. The van der Waals surface area contributed by atoms with Gasteiger partial charge in [0.25, 0.3) is 0 Å². The predicted molar refractivity (Wildman–Crippen MR) is 81.8 cm³/mol. The zero-order chi connectivity index (χ0) is 14.8. The summed E-state index contributed by atoms with van der Waals surface area (Å²) >= 11 is 5.76. The van der Waals surface area contributed by atoms with Crippen molar-refractivity contribution in [2.45, 2.75) is 44.2 Å². The fourth-order valence-corrected chi connectivity index (χ4v) is 3.15. The van der Waals surface area contributed by atoms with Gasteiger partial charge >= 0.3 is 0 Å². The normalized spacial score (nSPS) is 17.3. The van der Waals surface area contributed by atoms with Crippen molar-refractivity contribution in [1.29, 1.82) is 0 Å². The van der Waals surface area contributed by atoms with Crippen LogP contribution in [-0.4, -0.2) is 9.78 Å². The van der Waals surface area contributed by atoms with Crippen LogP contribution in [0.25, 0.3) is 0 Å². The van der Waals surface area contributed by atoms with Crippen LogP contribution in [0, 0.1) is 5.82 Å². The van der Waals surface area contributed by atoms with E-state index in [0.29, 0.717) is 23.0 Å². The Morgan fingerprint density at radius 1 is 1.33 bits per heavy atom. The number of halogens is 2. The molecule has 1 fully saturated rings. The molecule has 1 saturated carbocycles. The summed E-state index contributed by atoms with van der Waals surface area (Å²) in [6, 6.07) is 6.70. The zero-order valence-electron chi connectivity index (χ0n) is 11.8. The number of benzene rings is 1. The highest BCUT2D eigenvalue weighted by Gasteiger charge is 2.19. The Morgan fingerprint density at radius 2 is 2.10 bits per heavy atom. The molecular formula is C16H19ClFN3. The molecule has 3 nitrogen and oxygen atoms in total. The van der Waals surface area contributed by atoms with Crippen molar-refractivity contribution in [3.05, 3.63) is 52.6 Å². The molecule has 0 saturated heterocycles. The number of rotatable bonds is 4. The maximum Gasteiger partial charge on any atom is 0.129 e. The Kier molecular flexibility index (Phi) is 4.27. The second-order valence-electron chi connectivity index (χ2n) is 5.70. The van der Waals surface area contributed by atoms with Gasteiger partial charge in [-0.15, -0.1) is 0 Å². The molecule has 1 heterocycles. The molecule has 1 aliphatic rings. The molecule has 5 heteroatoms. The molecule has 2 aromatic rings. The number of nitrogens with zero attached hydrogens (tertiary/aromatic N) is 2. The molecule has 2 N–H and O–H groups in total. The van der Waals surface area contributed by atoms with Gasteiger partial charge in [-0.05, 0) is 31.0 Å². The molecule has 1 aromatic carbocycles. The summed E-state index contributed by atoms with van der Waals surface area (Å²) < 4.78 is 15.9. The van der Waals surface area contributed by atoms with Gasteiger partial charge in [0.1, 0.15) is 5.82 Å². The number of hydrogen-bond donors (Lipinski definition) is 1. The Balaban J connectivity index is 1.70. The smallest absolute Gasteiger partial charge is 0.129 e. The summed E-state index contributed by atoms with van der Waals surface area (Å²) in [5.41, 5.74) is 7.50. The van der Waals surface area contributed by atoms with Crippen molar-refractivity contribution in [2.24, 2.45) is 5.73 Å². The second-order valence-corrected chi connectivity index (χ2v) is 6.14. The largest absolute Gasteiger partial charge is 0.324 e. The third-order valence-electron chi connectivity index (χ3n) is 4.15. The highest BCUT2D eigenvalue weighted by molar-refractivity contribution is 6.30. The third-order valence-corrected chi connectivity index (χ3v) is 4.39. The van der Waals surface area contributed by atoms with E-state index in [9.17, 15) is 4.39 Å². The van der Waals surface area contributed by atoms with Crippen molar-refractivity contribution >= 4 is 11.6 Å². The van der Waals surface area contributed by atoms with Crippen molar-refractivity contribution < 1.29 is 4.39 Å². The lowest BCUT2D eigenvalue weighted by Crippen LogP contribution is -2.16. The van der Waals surface area contributed by atoms with Crippen molar-refractivity contribution in [3.8, 4) is 0 Å². The average Bonchev–Trinajstić information content (AvgIpc) is 3.08. The summed E-state index contributed by atoms with van der Waals surface area (Å²) in [6.07, 6.45) is 7.47. The topological polar surface area (TPSA) is 43.8 Å². The molecule has 3 rings (SSSR count). The van der Waals surface area contributed by atoms with E-state index in [1.165, 1.54) is 31.7 Å². The molecule has 21 heavy (non-hydrogen) atoms. The molecule has 0 spiro atoms. The van der Waals surface area contributed by atoms with Crippen LogP contribution in [0.1, 0.15) is 49.0 Å². The SMILES string of the molecule is NC(Cc1ccn(C2CCCC2)n1)c1ccc(Cl)cc1F. The monoisotopic (exact) mass is 307 g/mol. The number of hydrogen-bond acceptors (Lipinski definition) is 2. The average molecular weight is 308 g/mol. The van der Waals surface area contributed by atoms with Crippen LogP contribution in [0.15, 0.2) is 30.5 Å². The van der Waals surface area contributed by atoms with Crippen LogP contribution < -0.4 is 5.73 Å². The zero-order valence-corrected chi connectivity index (χ0v) is 12.6. The van der Waals surface area contributed by atoms with Gasteiger partial charge in [0.05, 0.1) is 11.7 Å². The minimum atomic E-state index is -0.408. The predicted octanol–water partition coefficient (Wildman–Crippen LogP) is 4.03. The Morgan fingerprint density at radius 3 is 2.81 bits per heavy atom. The molecule has 112 valence electrons. The molecule has 0 amide bonds. The van der Waals surface area contributed by atoms with Gasteiger partial charge in [-0.25, -0.2) is 4.39 Å². The van der Waals surface area contributed by atoms with E-state index in [2.05, 4.69) is 5.10 Å². The van der Waals surface area contributed by atoms with E-state index >= 15 is 0 Å². The van der Waals surface area contributed by atoms with Gasteiger partial charge in [-0.1, -0.05) is 30.5 Å². The first-order chi connectivity index (χ1) is 10.1. The Labute approximate surface area is 128 Å². The molecule has 1 aromatic heterocycles. The molecule has 0 radical (unpaired) electrons. The van der Waals surface area contributed by atoms with Gasteiger partial charge in [-0.3, -0.25) is 4.68 Å².